The Bertz CT molecular complexity index is 1260. The number of hydrogen-bond donors (Lipinski definition) is 0. The average molecular weight is 431 g/mol. The van der Waals surface area contributed by atoms with Gasteiger partial charge in [0.1, 0.15) is 5.75 Å². The quantitative estimate of drug-likeness (QED) is 0.467. The van der Waals surface area contributed by atoms with Crippen molar-refractivity contribution in [1.82, 2.24) is 29.7 Å². The molecular formula is C24H26N6O2. The minimum atomic E-state index is -0.192. The summed E-state index contributed by atoms with van der Waals surface area (Å²) < 4.78 is 8.84. The van der Waals surface area contributed by atoms with E-state index in [4.69, 9.17) is 4.74 Å². The third-order valence-electron chi connectivity index (χ3n) is 5.58. The molecule has 32 heavy (non-hydrogen) atoms. The summed E-state index contributed by atoms with van der Waals surface area (Å²) in [6, 6.07) is 17.4. The van der Waals surface area contributed by atoms with Gasteiger partial charge >= 0.3 is 0 Å². The smallest absolute Gasteiger partial charge is 0.276 e. The van der Waals surface area contributed by atoms with Crippen LogP contribution in [0.1, 0.15) is 33.1 Å². The number of carbonyl (C=O) groups is 1. The maximum Gasteiger partial charge on any atom is 0.276 e. The molecule has 2 aromatic carbocycles. The van der Waals surface area contributed by atoms with E-state index in [-0.39, 0.29) is 5.91 Å². The van der Waals surface area contributed by atoms with E-state index >= 15 is 0 Å². The van der Waals surface area contributed by atoms with E-state index in [0.717, 1.165) is 28.3 Å². The van der Waals surface area contributed by atoms with Crippen molar-refractivity contribution in [2.24, 2.45) is 0 Å². The number of nitrogens with zero attached hydrogens (tertiary/aromatic N) is 6. The Morgan fingerprint density at radius 3 is 2.41 bits per heavy atom. The van der Waals surface area contributed by atoms with Crippen LogP contribution in [0.2, 0.25) is 0 Å². The molecule has 4 aromatic rings. The maximum absolute atomic E-state index is 13.2. The Morgan fingerprint density at radius 2 is 1.69 bits per heavy atom. The lowest BCUT2D eigenvalue weighted by atomic mass is 10.1. The third-order valence-corrected chi connectivity index (χ3v) is 5.58. The van der Waals surface area contributed by atoms with Crippen LogP contribution >= 0.6 is 0 Å². The van der Waals surface area contributed by atoms with Crippen LogP contribution in [0.3, 0.4) is 0 Å². The van der Waals surface area contributed by atoms with E-state index < -0.39 is 0 Å². The topological polar surface area (TPSA) is 78.1 Å². The van der Waals surface area contributed by atoms with Gasteiger partial charge in [0.15, 0.2) is 5.69 Å². The molecule has 0 fully saturated rings. The largest absolute Gasteiger partial charge is 0.497 e. The highest BCUT2D eigenvalue weighted by atomic mass is 16.5. The van der Waals surface area contributed by atoms with Gasteiger partial charge in [-0.25, -0.2) is 9.36 Å². The number of ether oxygens (including phenoxy) is 1. The van der Waals surface area contributed by atoms with Crippen molar-refractivity contribution >= 4 is 5.91 Å². The van der Waals surface area contributed by atoms with Crippen LogP contribution in [-0.4, -0.2) is 49.7 Å². The van der Waals surface area contributed by atoms with Crippen LogP contribution in [-0.2, 0) is 6.54 Å². The molecule has 1 amide bonds. The van der Waals surface area contributed by atoms with E-state index in [1.807, 2.05) is 80.1 Å². The zero-order chi connectivity index (χ0) is 22.8. The first kappa shape index (κ1) is 21.3. The van der Waals surface area contributed by atoms with Crippen molar-refractivity contribution in [1.29, 1.82) is 0 Å². The molecule has 4 rings (SSSR count). The van der Waals surface area contributed by atoms with Gasteiger partial charge in [0.25, 0.3) is 5.91 Å². The highest BCUT2D eigenvalue weighted by Gasteiger charge is 2.23. The number of methoxy groups -OCH3 is 1. The first-order chi connectivity index (χ1) is 15.4. The van der Waals surface area contributed by atoms with Gasteiger partial charge in [0, 0.05) is 30.9 Å². The first-order valence-electron chi connectivity index (χ1n) is 10.3. The highest BCUT2D eigenvalue weighted by Crippen LogP contribution is 2.21. The van der Waals surface area contributed by atoms with Crippen molar-refractivity contribution in [2.45, 2.75) is 27.3 Å². The summed E-state index contributed by atoms with van der Waals surface area (Å²) in [5.41, 5.74) is 5.68. The van der Waals surface area contributed by atoms with Crippen LogP contribution in [0, 0.1) is 20.8 Å². The highest BCUT2D eigenvalue weighted by molar-refractivity contribution is 5.93. The van der Waals surface area contributed by atoms with Crippen LogP contribution < -0.4 is 4.74 Å². The molecule has 2 heterocycles. The summed E-state index contributed by atoms with van der Waals surface area (Å²) in [6.45, 7) is 6.24. The summed E-state index contributed by atoms with van der Waals surface area (Å²) >= 11 is 0. The second-order valence-electron chi connectivity index (χ2n) is 7.69. The lowest BCUT2D eigenvalue weighted by molar-refractivity contribution is 0.0778. The summed E-state index contributed by atoms with van der Waals surface area (Å²) in [6.07, 6.45) is 0. The lowest BCUT2D eigenvalue weighted by Gasteiger charge is -2.17. The molecule has 8 heteroatoms. The predicted octanol–water partition coefficient (Wildman–Crippen LogP) is 3.66. The standard InChI is InChI=1S/C24H26N6O2/c1-16-22(17(2)29(26-16)19-10-7-6-8-11-19)15-28(4)24(31)23-18(3)30(27-25-23)20-12-9-13-21(14-20)32-5/h6-14H,15H2,1-5H3. The second kappa shape index (κ2) is 8.66. The molecule has 8 nitrogen and oxygen atoms in total. The van der Waals surface area contributed by atoms with Crippen LogP contribution in [0.5, 0.6) is 5.75 Å². The number of aromatic nitrogens is 5. The van der Waals surface area contributed by atoms with Gasteiger partial charge < -0.3 is 9.64 Å². The Hall–Kier alpha value is -3.94. The Morgan fingerprint density at radius 1 is 0.969 bits per heavy atom. The van der Waals surface area contributed by atoms with Crippen LogP contribution in [0.15, 0.2) is 54.6 Å². The van der Waals surface area contributed by atoms with Gasteiger partial charge in [-0.15, -0.1) is 5.10 Å². The van der Waals surface area contributed by atoms with Gasteiger partial charge in [-0.05, 0) is 45.0 Å². The maximum atomic E-state index is 13.2. The first-order valence-corrected chi connectivity index (χ1v) is 10.3. The Labute approximate surface area is 187 Å². The number of carbonyl (C=O) groups excluding carboxylic acids is 1. The second-order valence-corrected chi connectivity index (χ2v) is 7.69. The number of hydrogen-bond acceptors (Lipinski definition) is 5. The van der Waals surface area contributed by atoms with Crippen LogP contribution in [0.25, 0.3) is 11.4 Å². The fraction of sp³-hybridized carbons (Fsp3) is 0.250. The third kappa shape index (κ3) is 3.87. The van der Waals surface area contributed by atoms with Crippen molar-refractivity contribution in [3.05, 3.63) is 82.9 Å². The zero-order valence-corrected chi connectivity index (χ0v) is 18.9. The molecule has 0 radical (unpaired) electrons. The fourth-order valence-electron chi connectivity index (χ4n) is 3.73. The van der Waals surface area contributed by atoms with Gasteiger partial charge in [0.2, 0.25) is 0 Å². The summed E-state index contributed by atoms with van der Waals surface area (Å²) in [5, 5.41) is 13.0. The van der Waals surface area contributed by atoms with E-state index in [1.54, 1.807) is 23.7 Å². The SMILES string of the molecule is COc1cccc(-n2nnc(C(=O)N(C)Cc3c(C)nn(-c4ccccc4)c3C)c2C)c1. The Kier molecular flexibility index (Phi) is 5.77. The molecule has 0 unspecified atom stereocenters. The molecule has 0 spiro atoms. The van der Waals surface area contributed by atoms with Crippen molar-refractivity contribution in [2.75, 3.05) is 14.2 Å². The number of aryl methyl sites for hydroxylation is 1. The minimum absolute atomic E-state index is 0.192. The summed E-state index contributed by atoms with van der Waals surface area (Å²) in [4.78, 5) is 14.8. The Balaban J connectivity index is 1.58. The molecule has 0 aliphatic heterocycles. The lowest BCUT2D eigenvalue weighted by Crippen LogP contribution is -2.27. The van der Waals surface area contributed by atoms with Crippen molar-refractivity contribution in [3.63, 3.8) is 0 Å². The predicted molar refractivity (Wildman–Crippen MR) is 121 cm³/mol. The fourth-order valence-corrected chi connectivity index (χ4v) is 3.73. The molecule has 0 N–H and O–H groups in total. The monoisotopic (exact) mass is 430 g/mol. The molecule has 0 saturated heterocycles. The molecule has 0 saturated carbocycles. The van der Waals surface area contributed by atoms with Gasteiger partial charge in [-0.3, -0.25) is 4.79 Å². The average Bonchev–Trinajstić information content (AvgIpc) is 3.33. The minimum Gasteiger partial charge on any atom is -0.497 e. The number of benzene rings is 2. The zero-order valence-electron chi connectivity index (χ0n) is 18.9. The van der Waals surface area contributed by atoms with Gasteiger partial charge in [-0.1, -0.05) is 29.5 Å². The molecule has 0 atom stereocenters. The molecular weight excluding hydrogens is 404 g/mol. The van der Waals surface area contributed by atoms with Gasteiger partial charge in [-0.2, -0.15) is 5.10 Å². The van der Waals surface area contributed by atoms with Gasteiger partial charge in [0.05, 0.1) is 29.9 Å². The molecule has 0 aliphatic rings. The molecule has 2 aromatic heterocycles. The molecule has 164 valence electrons. The van der Waals surface area contributed by atoms with Crippen LogP contribution in [0.4, 0.5) is 0 Å². The van der Waals surface area contributed by atoms with Crippen molar-refractivity contribution in [3.8, 4) is 17.1 Å². The molecule has 0 aliphatic carbocycles. The number of amides is 1. The van der Waals surface area contributed by atoms with E-state index in [2.05, 4.69) is 15.4 Å². The number of rotatable bonds is 6. The van der Waals surface area contributed by atoms with E-state index in [9.17, 15) is 4.79 Å². The normalized spacial score (nSPS) is 10.9. The van der Waals surface area contributed by atoms with Crippen molar-refractivity contribution < 1.29 is 9.53 Å². The van der Waals surface area contributed by atoms with E-state index in [0.29, 0.717) is 23.7 Å². The summed E-state index contributed by atoms with van der Waals surface area (Å²) in [5.74, 6) is 0.520. The summed E-state index contributed by atoms with van der Waals surface area (Å²) in [7, 11) is 3.38. The van der Waals surface area contributed by atoms with E-state index in [1.165, 1.54) is 0 Å². The number of para-hydroxylation sites is 1. The molecule has 0 bridgehead atoms.